The molecule has 1 amide bonds. The van der Waals surface area contributed by atoms with Gasteiger partial charge in [0, 0.05) is 36.2 Å². The third kappa shape index (κ3) is 8.58. The highest BCUT2D eigenvalue weighted by atomic mass is 19.1. The van der Waals surface area contributed by atoms with Crippen LogP contribution in [0.25, 0.3) is 16.6 Å². The highest BCUT2D eigenvalue weighted by Crippen LogP contribution is 2.41. The topological polar surface area (TPSA) is 155 Å². The van der Waals surface area contributed by atoms with Crippen molar-refractivity contribution in [3.8, 4) is 0 Å². The Labute approximate surface area is 241 Å². The fourth-order valence-corrected chi connectivity index (χ4v) is 4.63. The number of aliphatic hydroxyl groups is 1. The SMILES string of the molecule is CC.CC.CC(/C=C1/c2nc3cc(F)c(C)c4c3c(c2CN1C)CCC4)=C(/C=O)COC(=O)O.NCC(=O)NCO. The number of nitrogens with zero attached hydrogens (tertiary/aromatic N) is 2. The largest absolute Gasteiger partial charge is 0.506 e. The van der Waals surface area contributed by atoms with Crippen molar-refractivity contribution in [1.82, 2.24) is 15.2 Å². The number of hydrogen-bond donors (Lipinski definition) is 4. The zero-order valence-corrected chi connectivity index (χ0v) is 25.1. The Hall–Kier alpha value is -3.83. The number of amides is 1. The van der Waals surface area contributed by atoms with Crippen LogP contribution in [0.5, 0.6) is 0 Å². The van der Waals surface area contributed by atoms with Gasteiger partial charge in [0.25, 0.3) is 0 Å². The molecule has 41 heavy (non-hydrogen) atoms. The van der Waals surface area contributed by atoms with Gasteiger partial charge in [-0.15, -0.1) is 0 Å². The second kappa shape index (κ2) is 17.1. The van der Waals surface area contributed by atoms with Crippen LogP contribution >= 0.6 is 0 Å². The molecule has 1 aromatic heterocycles. The van der Waals surface area contributed by atoms with Crippen LogP contribution in [0, 0.1) is 12.7 Å². The fraction of sp³-hybridized carbons (Fsp3) is 0.467. The maximum absolute atomic E-state index is 14.5. The number of nitrogens with two attached hydrogens (primary N) is 1. The predicted octanol–water partition coefficient (Wildman–Crippen LogP) is 4.23. The Bertz CT molecular complexity index is 1310. The van der Waals surface area contributed by atoms with Crippen molar-refractivity contribution in [1.29, 1.82) is 0 Å². The smallest absolute Gasteiger partial charge is 0.450 e. The normalized spacial score (nSPS) is 14.3. The molecule has 2 aliphatic rings. The van der Waals surface area contributed by atoms with E-state index in [9.17, 15) is 18.8 Å². The van der Waals surface area contributed by atoms with Crippen molar-refractivity contribution in [3.63, 3.8) is 0 Å². The molecule has 1 aliphatic heterocycles. The summed E-state index contributed by atoms with van der Waals surface area (Å²) in [5.74, 6) is -0.581. The fourth-order valence-electron chi connectivity index (χ4n) is 4.63. The summed E-state index contributed by atoms with van der Waals surface area (Å²) in [4.78, 5) is 39.0. The minimum Gasteiger partial charge on any atom is -0.450 e. The van der Waals surface area contributed by atoms with Gasteiger partial charge in [-0.25, -0.2) is 14.2 Å². The number of fused-ring (bicyclic) bond motifs is 2. The van der Waals surface area contributed by atoms with E-state index < -0.39 is 6.16 Å². The van der Waals surface area contributed by atoms with Gasteiger partial charge in [-0.3, -0.25) is 9.59 Å². The van der Waals surface area contributed by atoms with E-state index in [0.717, 1.165) is 47.2 Å². The lowest BCUT2D eigenvalue weighted by atomic mass is 9.85. The molecule has 1 aliphatic carbocycles. The number of hydrogen-bond acceptors (Lipinski definition) is 8. The van der Waals surface area contributed by atoms with Crippen molar-refractivity contribution in [3.05, 3.63) is 57.1 Å². The van der Waals surface area contributed by atoms with Gasteiger partial charge in [0.2, 0.25) is 5.91 Å². The molecule has 0 atom stereocenters. The van der Waals surface area contributed by atoms with Crippen LogP contribution in [0.3, 0.4) is 0 Å². The van der Waals surface area contributed by atoms with Gasteiger partial charge < -0.3 is 30.9 Å². The summed E-state index contributed by atoms with van der Waals surface area (Å²) in [6, 6.07) is 1.51. The van der Waals surface area contributed by atoms with E-state index in [-0.39, 0.29) is 37.2 Å². The molecule has 2 heterocycles. The molecule has 0 unspecified atom stereocenters. The number of carboxylic acid groups (broad SMARTS) is 1. The van der Waals surface area contributed by atoms with Crippen LogP contribution in [-0.4, -0.2) is 65.4 Å². The van der Waals surface area contributed by atoms with Crippen LogP contribution in [0.2, 0.25) is 0 Å². The van der Waals surface area contributed by atoms with Crippen LogP contribution in [0.4, 0.5) is 9.18 Å². The maximum Gasteiger partial charge on any atom is 0.506 e. The number of benzene rings is 1. The van der Waals surface area contributed by atoms with E-state index in [0.29, 0.717) is 29.5 Å². The summed E-state index contributed by atoms with van der Waals surface area (Å²) >= 11 is 0. The Kier molecular flexibility index (Phi) is 14.7. The zero-order valence-electron chi connectivity index (χ0n) is 25.1. The van der Waals surface area contributed by atoms with Crippen LogP contribution < -0.4 is 11.1 Å². The maximum atomic E-state index is 14.5. The first-order valence-electron chi connectivity index (χ1n) is 13.8. The van der Waals surface area contributed by atoms with Gasteiger partial charge in [-0.2, -0.15) is 0 Å². The average Bonchev–Trinajstić information content (AvgIpc) is 3.29. The number of aliphatic hydroxyl groups excluding tert-OH is 1. The number of ether oxygens (including phenoxy) is 1. The van der Waals surface area contributed by atoms with Crippen molar-refractivity contribution in [2.24, 2.45) is 5.73 Å². The molecule has 0 radical (unpaired) electrons. The number of allylic oxidation sites excluding steroid dienone is 2. The summed E-state index contributed by atoms with van der Waals surface area (Å²) in [6.45, 7) is 11.5. The van der Waals surface area contributed by atoms with E-state index in [1.54, 1.807) is 6.92 Å². The number of pyridine rings is 1. The second-order valence-electron chi connectivity index (χ2n) is 8.86. The van der Waals surface area contributed by atoms with E-state index in [4.69, 9.17) is 20.9 Å². The molecule has 0 spiro atoms. The molecule has 10 nitrogen and oxygen atoms in total. The van der Waals surface area contributed by atoms with Gasteiger partial charge in [0.15, 0.2) is 0 Å². The first-order chi connectivity index (χ1) is 19.6. The molecule has 1 aromatic carbocycles. The molecule has 0 saturated heterocycles. The number of nitrogens with one attached hydrogen (secondary N) is 1. The standard InChI is InChI=1S/C23H23FN2O4.C3H8N2O2.2C2H6/c1-12(14(10-27)11-30-23(28)29)7-20-22-17(9-26(20)3)16-6-4-5-15-13(2)18(24)8-19(25-22)21(15)16;4-1-3(7)5-2-6;2*1-2/h7-8,10H,4-6,9,11H2,1-3H3,(H,28,29);6H,1-2,4H2,(H,5,7);2*1-2H3/b14-12+,20-7-;;;. The molecule has 5 N–H and O–H groups in total. The first-order valence-corrected chi connectivity index (χ1v) is 13.8. The quantitative estimate of drug-likeness (QED) is 0.172. The number of aryl methyl sites for hydroxylation is 2. The number of rotatable bonds is 6. The van der Waals surface area contributed by atoms with E-state index in [1.807, 2.05) is 47.7 Å². The molecule has 0 bridgehead atoms. The zero-order chi connectivity index (χ0) is 31.3. The predicted molar refractivity (Wildman–Crippen MR) is 158 cm³/mol. The van der Waals surface area contributed by atoms with Crippen molar-refractivity contribution < 1.29 is 33.7 Å². The molecular formula is C30H43FN4O6. The third-order valence-electron chi connectivity index (χ3n) is 6.53. The average molecular weight is 575 g/mol. The second-order valence-corrected chi connectivity index (χ2v) is 8.86. The van der Waals surface area contributed by atoms with Gasteiger partial charge >= 0.3 is 6.16 Å². The molecule has 226 valence electrons. The first kappa shape index (κ1) is 35.2. The van der Waals surface area contributed by atoms with Gasteiger partial charge in [-0.05, 0) is 61.4 Å². The van der Waals surface area contributed by atoms with Crippen LogP contribution in [-0.2, 0) is 33.7 Å². The van der Waals surface area contributed by atoms with Crippen molar-refractivity contribution in [2.75, 3.05) is 26.9 Å². The number of carbonyl (C=O) groups is 3. The molecule has 4 rings (SSSR count). The minimum atomic E-state index is -1.43. The van der Waals surface area contributed by atoms with Crippen molar-refractivity contribution in [2.45, 2.75) is 67.3 Å². The Balaban J connectivity index is 0.000000662. The Morgan fingerprint density at radius 1 is 1.20 bits per heavy atom. The molecular weight excluding hydrogens is 531 g/mol. The number of aromatic nitrogens is 1. The van der Waals surface area contributed by atoms with E-state index in [1.165, 1.54) is 11.6 Å². The van der Waals surface area contributed by atoms with E-state index in [2.05, 4.69) is 15.0 Å². The lowest BCUT2D eigenvalue weighted by Gasteiger charge is -2.21. The molecule has 0 saturated carbocycles. The highest BCUT2D eigenvalue weighted by molar-refractivity contribution is 5.92. The molecule has 11 heteroatoms. The Morgan fingerprint density at radius 2 is 1.83 bits per heavy atom. The van der Waals surface area contributed by atoms with E-state index >= 15 is 0 Å². The van der Waals surface area contributed by atoms with Gasteiger partial charge in [0.1, 0.15) is 25.4 Å². The molecule has 0 fully saturated rings. The summed E-state index contributed by atoms with van der Waals surface area (Å²) in [6.07, 6.45) is 3.76. The van der Waals surface area contributed by atoms with Crippen LogP contribution in [0.15, 0.2) is 23.3 Å². The number of carbonyl (C=O) groups excluding carboxylic acids is 2. The monoisotopic (exact) mass is 574 g/mol. The summed E-state index contributed by atoms with van der Waals surface area (Å²) in [7, 11) is 1.95. The van der Waals surface area contributed by atoms with Crippen molar-refractivity contribution >= 4 is 34.9 Å². The molecule has 2 aromatic rings. The number of aldehydes is 1. The lowest BCUT2D eigenvalue weighted by Crippen LogP contribution is -2.30. The number of halogens is 1. The summed E-state index contributed by atoms with van der Waals surface area (Å²) < 4.78 is 19.1. The lowest BCUT2D eigenvalue weighted by molar-refractivity contribution is -0.120. The summed E-state index contributed by atoms with van der Waals surface area (Å²) in [5, 5.41) is 19.9. The highest BCUT2D eigenvalue weighted by Gasteiger charge is 2.30. The Morgan fingerprint density at radius 3 is 2.37 bits per heavy atom. The minimum absolute atomic E-state index is 0.0689. The van der Waals surface area contributed by atoms with Crippen LogP contribution in [0.1, 0.15) is 69.0 Å². The summed E-state index contributed by atoms with van der Waals surface area (Å²) in [5.41, 5.74) is 12.1. The van der Waals surface area contributed by atoms with Gasteiger partial charge in [0.05, 0.1) is 23.5 Å². The van der Waals surface area contributed by atoms with Gasteiger partial charge in [-0.1, -0.05) is 27.7 Å². The third-order valence-corrected chi connectivity index (χ3v) is 6.53.